The molecule has 0 saturated carbocycles. The number of aryl methyl sites for hydroxylation is 1. The van der Waals surface area contributed by atoms with E-state index in [2.05, 4.69) is 15.6 Å². The van der Waals surface area contributed by atoms with E-state index >= 15 is 0 Å². The van der Waals surface area contributed by atoms with E-state index in [0.29, 0.717) is 28.3 Å². The SMILES string of the molecule is Cc1cc(CNC(=O)c2ccc(-c3cc(C(F)(F)F)nn3-c3ccccc3Cl)cc2)no1. The molecule has 1 amide bonds. The molecule has 0 radical (unpaired) electrons. The zero-order valence-electron chi connectivity index (χ0n) is 16.7. The number of alkyl halides is 3. The number of carbonyl (C=O) groups excluding carboxylic acids is 1. The lowest BCUT2D eigenvalue weighted by Crippen LogP contribution is -2.22. The van der Waals surface area contributed by atoms with Gasteiger partial charge in [-0.3, -0.25) is 4.79 Å². The van der Waals surface area contributed by atoms with E-state index in [1.54, 1.807) is 49.4 Å². The Morgan fingerprint density at radius 2 is 1.84 bits per heavy atom. The van der Waals surface area contributed by atoms with Crippen molar-refractivity contribution in [3.05, 3.63) is 88.4 Å². The minimum atomic E-state index is -4.62. The Hall–Kier alpha value is -3.59. The van der Waals surface area contributed by atoms with E-state index in [1.807, 2.05) is 0 Å². The third-order valence-electron chi connectivity index (χ3n) is 4.63. The van der Waals surface area contributed by atoms with Gasteiger partial charge in [-0.1, -0.05) is 41.0 Å². The summed E-state index contributed by atoms with van der Waals surface area (Å²) in [6.45, 7) is 1.93. The Morgan fingerprint density at radius 3 is 2.47 bits per heavy atom. The second-order valence-electron chi connectivity index (χ2n) is 6.96. The maximum absolute atomic E-state index is 13.3. The molecule has 0 aliphatic carbocycles. The third kappa shape index (κ3) is 4.52. The second kappa shape index (κ2) is 8.51. The molecule has 0 spiro atoms. The first-order chi connectivity index (χ1) is 15.2. The quantitative estimate of drug-likeness (QED) is 0.430. The summed E-state index contributed by atoms with van der Waals surface area (Å²) >= 11 is 6.19. The summed E-state index contributed by atoms with van der Waals surface area (Å²) < 4.78 is 46.1. The maximum Gasteiger partial charge on any atom is 0.435 e. The van der Waals surface area contributed by atoms with Crippen LogP contribution in [-0.4, -0.2) is 20.8 Å². The van der Waals surface area contributed by atoms with Crippen molar-refractivity contribution in [3.8, 4) is 16.9 Å². The van der Waals surface area contributed by atoms with Crippen LogP contribution in [0.1, 0.15) is 27.5 Å². The lowest BCUT2D eigenvalue weighted by molar-refractivity contribution is -0.141. The van der Waals surface area contributed by atoms with Gasteiger partial charge in [0.25, 0.3) is 5.91 Å². The van der Waals surface area contributed by atoms with Crippen LogP contribution in [0.3, 0.4) is 0 Å². The molecule has 164 valence electrons. The normalized spacial score (nSPS) is 11.5. The average molecular weight is 461 g/mol. The molecule has 6 nitrogen and oxygen atoms in total. The minimum absolute atomic E-state index is 0.187. The first-order valence-corrected chi connectivity index (χ1v) is 9.83. The van der Waals surface area contributed by atoms with Crippen molar-refractivity contribution in [1.29, 1.82) is 0 Å². The van der Waals surface area contributed by atoms with Crippen molar-refractivity contribution in [3.63, 3.8) is 0 Å². The Labute approximate surface area is 185 Å². The van der Waals surface area contributed by atoms with Crippen molar-refractivity contribution in [1.82, 2.24) is 20.3 Å². The summed E-state index contributed by atoms with van der Waals surface area (Å²) in [4.78, 5) is 12.4. The van der Waals surface area contributed by atoms with Crippen LogP contribution in [-0.2, 0) is 12.7 Å². The Morgan fingerprint density at radius 1 is 1.12 bits per heavy atom. The number of benzene rings is 2. The van der Waals surface area contributed by atoms with Crippen molar-refractivity contribution >= 4 is 17.5 Å². The number of halogens is 4. The molecule has 0 atom stereocenters. The fourth-order valence-electron chi connectivity index (χ4n) is 3.10. The van der Waals surface area contributed by atoms with Crippen LogP contribution in [0.5, 0.6) is 0 Å². The van der Waals surface area contributed by atoms with Crippen LogP contribution in [0, 0.1) is 6.92 Å². The molecule has 32 heavy (non-hydrogen) atoms. The number of nitrogens with zero attached hydrogens (tertiary/aromatic N) is 3. The van der Waals surface area contributed by atoms with Crippen LogP contribution in [0.15, 0.2) is 65.2 Å². The van der Waals surface area contributed by atoms with E-state index in [9.17, 15) is 18.0 Å². The highest BCUT2D eigenvalue weighted by atomic mass is 35.5. The third-order valence-corrected chi connectivity index (χ3v) is 4.95. The van der Waals surface area contributed by atoms with Gasteiger partial charge in [-0.2, -0.15) is 18.3 Å². The van der Waals surface area contributed by atoms with E-state index in [-0.39, 0.29) is 23.2 Å². The number of rotatable bonds is 5. The van der Waals surface area contributed by atoms with Crippen LogP contribution in [0.25, 0.3) is 16.9 Å². The van der Waals surface area contributed by atoms with Gasteiger partial charge in [-0.15, -0.1) is 0 Å². The largest absolute Gasteiger partial charge is 0.435 e. The van der Waals surface area contributed by atoms with Crippen molar-refractivity contribution < 1.29 is 22.5 Å². The second-order valence-corrected chi connectivity index (χ2v) is 7.37. The summed E-state index contributed by atoms with van der Waals surface area (Å²) in [5.41, 5.74) is 0.818. The van der Waals surface area contributed by atoms with E-state index < -0.39 is 11.9 Å². The number of hydrogen-bond acceptors (Lipinski definition) is 4. The number of nitrogens with one attached hydrogen (secondary N) is 1. The molecule has 0 bridgehead atoms. The van der Waals surface area contributed by atoms with Crippen molar-refractivity contribution in [2.75, 3.05) is 0 Å². The van der Waals surface area contributed by atoms with Gasteiger partial charge in [-0.05, 0) is 37.3 Å². The molecule has 1 N–H and O–H groups in total. The lowest BCUT2D eigenvalue weighted by atomic mass is 10.1. The predicted octanol–water partition coefficient (Wildman–Crippen LogP) is 5.44. The monoisotopic (exact) mass is 460 g/mol. The molecule has 0 unspecified atom stereocenters. The van der Waals surface area contributed by atoms with Gasteiger partial charge in [0.2, 0.25) is 0 Å². The van der Waals surface area contributed by atoms with Gasteiger partial charge in [-0.25, -0.2) is 4.68 Å². The van der Waals surface area contributed by atoms with Crippen LogP contribution < -0.4 is 5.32 Å². The maximum atomic E-state index is 13.3. The van der Waals surface area contributed by atoms with Crippen molar-refractivity contribution in [2.45, 2.75) is 19.6 Å². The summed E-state index contributed by atoms with van der Waals surface area (Å²) in [5.74, 6) is 0.278. The molecule has 0 aliphatic rings. The number of aromatic nitrogens is 3. The highest BCUT2D eigenvalue weighted by Gasteiger charge is 2.35. The van der Waals surface area contributed by atoms with Crippen LogP contribution in [0.4, 0.5) is 13.2 Å². The fourth-order valence-corrected chi connectivity index (χ4v) is 3.31. The topological polar surface area (TPSA) is 73.0 Å². The van der Waals surface area contributed by atoms with Gasteiger partial charge in [0.1, 0.15) is 11.5 Å². The molecule has 0 saturated heterocycles. The van der Waals surface area contributed by atoms with Crippen LogP contribution in [0.2, 0.25) is 5.02 Å². The highest BCUT2D eigenvalue weighted by Crippen LogP contribution is 2.34. The fraction of sp³-hybridized carbons (Fsp3) is 0.136. The van der Waals surface area contributed by atoms with Crippen LogP contribution >= 0.6 is 11.6 Å². The smallest absolute Gasteiger partial charge is 0.361 e. The molecule has 10 heteroatoms. The first-order valence-electron chi connectivity index (χ1n) is 9.45. The van der Waals surface area contributed by atoms with Crippen molar-refractivity contribution in [2.24, 2.45) is 0 Å². The lowest BCUT2D eigenvalue weighted by Gasteiger charge is -2.10. The van der Waals surface area contributed by atoms with E-state index in [4.69, 9.17) is 16.1 Å². The number of carbonyl (C=O) groups is 1. The summed E-state index contributed by atoms with van der Waals surface area (Å²) in [5, 5.41) is 10.5. The van der Waals surface area contributed by atoms with E-state index in [0.717, 1.165) is 10.7 Å². The summed E-state index contributed by atoms with van der Waals surface area (Å²) in [6, 6.07) is 15.3. The predicted molar refractivity (Wildman–Crippen MR) is 111 cm³/mol. The first kappa shape index (κ1) is 21.6. The minimum Gasteiger partial charge on any atom is -0.361 e. The molecule has 2 aromatic heterocycles. The van der Waals surface area contributed by atoms with Gasteiger partial charge >= 0.3 is 6.18 Å². The number of para-hydroxylation sites is 1. The van der Waals surface area contributed by atoms with E-state index in [1.165, 1.54) is 12.1 Å². The number of amides is 1. The summed E-state index contributed by atoms with van der Waals surface area (Å²) in [6.07, 6.45) is -4.62. The molecular weight excluding hydrogens is 445 g/mol. The zero-order valence-corrected chi connectivity index (χ0v) is 17.4. The molecule has 4 rings (SSSR count). The Bertz CT molecular complexity index is 1260. The molecule has 0 fully saturated rings. The highest BCUT2D eigenvalue weighted by molar-refractivity contribution is 6.32. The number of hydrogen-bond donors (Lipinski definition) is 1. The molecule has 2 aromatic carbocycles. The Balaban J connectivity index is 1.62. The molecular formula is C22H16ClF3N4O2. The Kier molecular flexibility index (Phi) is 5.75. The molecule has 0 aliphatic heterocycles. The van der Waals surface area contributed by atoms with Gasteiger partial charge < -0.3 is 9.84 Å². The van der Waals surface area contributed by atoms with Gasteiger partial charge in [0.15, 0.2) is 5.69 Å². The zero-order chi connectivity index (χ0) is 22.9. The van der Waals surface area contributed by atoms with Gasteiger partial charge in [0, 0.05) is 17.2 Å². The molecule has 4 aromatic rings. The standard InChI is InChI=1S/C22H16ClF3N4O2/c1-13-10-16(29-32-13)12-27-21(31)15-8-6-14(7-9-15)19-11-20(22(24,25)26)28-30(19)18-5-3-2-4-17(18)23/h2-11H,12H2,1H3,(H,27,31). The van der Waals surface area contributed by atoms with Gasteiger partial charge in [0.05, 0.1) is 22.9 Å². The molecule has 2 heterocycles. The summed E-state index contributed by atoms with van der Waals surface area (Å²) in [7, 11) is 0. The average Bonchev–Trinajstić information content (AvgIpc) is 3.39.